The van der Waals surface area contributed by atoms with Crippen LogP contribution in [-0.4, -0.2) is 37.1 Å². The summed E-state index contributed by atoms with van der Waals surface area (Å²) in [6, 6.07) is 5.52. The van der Waals surface area contributed by atoms with Gasteiger partial charge in [0.1, 0.15) is 18.5 Å². The van der Waals surface area contributed by atoms with Crippen molar-refractivity contribution in [2.45, 2.75) is 32.4 Å². The third kappa shape index (κ3) is 5.01. The molecule has 27 heavy (non-hydrogen) atoms. The van der Waals surface area contributed by atoms with E-state index in [2.05, 4.69) is 23.3 Å². The number of pyridine rings is 1. The average Bonchev–Trinajstić information content (AvgIpc) is 3.40. The van der Waals surface area contributed by atoms with Crippen molar-refractivity contribution in [1.82, 2.24) is 4.57 Å². The van der Waals surface area contributed by atoms with Gasteiger partial charge < -0.3 is 18.8 Å². The smallest absolute Gasteiger partial charge is 0.254 e. The first kappa shape index (κ1) is 18.3. The molecule has 0 spiro atoms. The van der Waals surface area contributed by atoms with Crippen LogP contribution < -0.4 is 10.3 Å². The van der Waals surface area contributed by atoms with E-state index in [0.717, 1.165) is 16.1 Å². The molecule has 6 heteroatoms. The van der Waals surface area contributed by atoms with E-state index in [1.54, 1.807) is 15.9 Å². The van der Waals surface area contributed by atoms with Crippen molar-refractivity contribution in [1.29, 1.82) is 0 Å². The Morgan fingerprint density at radius 1 is 1.30 bits per heavy atom. The van der Waals surface area contributed by atoms with Crippen LogP contribution in [0.4, 0.5) is 0 Å². The summed E-state index contributed by atoms with van der Waals surface area (Å²) in [5.74, 6) is 7.67. The van der Waals surface area contributed by atoms with Gasteiger partial charge in [0.25, 0.3) is 5.56 Å². The van der Waals surface area contributed by atoms with Crippen LogP contribution in [0.2, 0.25) is 0 Å². The molecule has 1 saturated heterocycles. The van der Waals surface area contributed by atoms with Crippen molar-refractivity contribution in [3.8, 4) is 17.6 Å². The van der Waals surface area contributed by atoms with Crippen LogP contribution in [0.5, 0.6) is 5.75 Å². The van der Waals surface area contributed by atoms with Crippen LogP contribution in [0.3, 0.4) is 0 Å². The Labute approximate surface area is 162 Å². The minimum absolute atomic E-state index is 0.0650. The quantitative estimate of drug-likeness (QED) is 0.743. The minimum Gasteiger partial charge on any atom is -0.491 e. The molecule has 2 fully saturated rings. The zero-order chi connectivity index (χ0) is 18.6. The van der Waals surface area contributed by atoms with Crippen LogP contribution in [0.25, 0.3) is 0 Å². The summed E-state index contributed by atoms with van der Waals surface area (Å²) in [4.78, 5) is 13.7. The van der Waals surface area contributed by atoms with Crippen LogP contribution in [0.1, 0.15) is 29.0 Å². The van der Waals surface area contributed by atoms with E-state index >= 15 is 0 Å². The van der Waals surface area contributed by atoms with Gasteiger partial charge in [0, 0.05) is 33.5 Å². The number of hydrogen-bond donors (Lipinski definition) is 0. The summed E-state index contributed by atoms with van der Waals surface area (Å²) >= 11 is 1.64. The predicted octanol–water partition coefficient (Wildman–Crippen LogP) is 2.82. The molecule has 0 aromatic carbocycles. The highest BCUT2D eigenvalue weighted by Gasteiger charge is 2.18. The number of rotatable bonds is 5. The lowest BCUT2D eigenvalue weighted by Gasteiger charge is -2.23. The largest absolute Gasteiger partial charge is 0.491 e. The standard InChI is InChI=1S/C21H23NO4S/c1-15-8-18(26-13-19-12-24-6-7-25-19)10-21(23)22(15)11-20-9-17(14-27-20)5-4-16-2-3-16/h8-10,14,16,19H,2-3,6-7,11-13H2,1H3. The molecule has 5 nitrogen and oxygen atoms in total. The molecule has 4 rings (SSSR count). The molecular formula is C21H23NO4S. The molecule has 3 heterocycles. The van der Waals surface area contributed by atoms with Gasteiger partial charge in [0.2, 0.25) is 0 Å². The minimum atomic E-state index is -0.0808. The Balaban J connectivity index is 1.41. The third-order valence-corrected chi connectivity index (χ3v) is 5.52. The summed E-state index contributed by atoms with van der Waals surface area (Å²) in [6.07, 6.45) is 2.38. The number of nitrogens with zero attached hydrogens (tertiary/aromatic N) is 1. The van der Waals surface area contributed by atoms with Crippen molar-refractivity contribution in [2.24, 2.45) is 5.92 Å². The molecule has 0 bridgehead atoms. The Kier molecular flexibility index (Phi) is 5.63. The van der Waals surface area contributed by atoms with Gasteiger partial charge in [0.15, 0.2) is 0 Å². The van der Waals surface area contributed by atoms with E-state index < -0.39 is 0 Å². The van der Waals surface area contributed by atoms with Gasteiger partial charge in [-0.3, -0.25) is 4.79 Å². The van der Waals surface area contributed by atoms with Gasteiger partial charge >= 0.3 is 0 Å². The first-order valence-electron chi connectivity index (χ1n) is 9.30. The second-order valence-electron chi connectivity index (χ2n) is 6.98. The van der Waals surface area contributed by atoms with Crippen molar-refractivity contribution in [2.75, 3.05) is 26.4 Å². The predicted molar refractivity (Wildman–Crippen MR) is 105 cm³/mol. The number of hydrogen-bond acceptors (Lipinski definition) is 5. The van der Waals surface area contributed by atoms with Gasteiger partial charge in [-0.1, -0.05) is 11.8 Å². The molecule has 1 aliphatic carbocycles. The summed E-state index contributed by atoms with van der Waals surface area (Å²) in [7, 11) is 0. The number of aryl methyl sites for hydroxylation is 1. The van der Waals surface area contributed by atoms with E-state index in [1.165, 1.54) is 18.9 Å². The fraction of sp³-hybridized carbons (Fsp3) is 0.476. The molecule has 0 radical (unpaired) electrons. The monoisotopic (exact) mass is 385 g/mol. The number of ether oxygens (including phenoxy) is 3. The summed E-state index contributed by atoms with van der Waals surface area (Å²) in [6.45, 7) is 4.61. The van der Waals surface area contributed by atoms with E-state index in [9.17, 15) is 4.79 Å². The van der Waals surface area contributed by atoms with Gasteiger partial charge in [-0.15, -0.1) is 11.3 Å². The van der Waals surface area contributed by atoms with Crippen molar-refractivity contribution in [3.05, 3.63) is 50.1 Å². The van der Waals surface area contributed by atoms with E-state index in [1.807, 2.05) is 13.0 Å². The molecule has 2 aromatic rings. The van der Waals surface area contributed by atoms with Crippen LogP contribution in [0, 0.1) is 24.7 Å². The molecule has 1 saturated carbocycles. The Hall–Kier alpha value is -2.07. The van der Waals surface area contributed by atoms with E-state index in [-0.39, 0.29) is 11.7 Å². The maximum absolute atomic E-state index is 12.6. The summed E-state index contributed by atoms with van der Waals surface area (Å²) in [5, 5.41) is 2.06. The summed E-state index contributed by atoms with van der Waals surface area (Å²) in [5.41, 5.74) is 1.85. The molecule has 1 aliphatic heterocycles. The number of aromatic nitrogens is 1. The van der Waals surface area contributed by atoms with Gasteiger partial charge in [-0.2, -0.15) is 0 Å². The SMILES string of the molecule is Cc1cc(OCC2COCCO2)cc(=O)n1Cc1cc(C#CC2CC2)cs1. The second kappa shape index (κ2) is 8.30. The highest BCUT2D eigenvalue weighted by Crippen LogP contribution is 2.28. The first-order chi connectivity index (χ1) is 13.2. The molecular weight excluding hydrogens is 362 g/mol. The Morgan fingerprint density at radius 3 is 2.93 bits per heavy atom. The van der Waals surface area contributed by atoms with Crippen LogP contribution >= 0.6 is 11.3 Å². The molecule has 2 aliphatic rings. The van der Waals surface area contributed by atoms with E-state index in [0.29, 0.717) is 44.6 Å². The molecule has 2 aromatic heterocycles. The van der Waals surface area contributed by atoms with Crippen molar-refractivity contribution < 1.29 is 14.2 Å². The molecule has 142 valence electrons. The highest BCUT2D eigenvalue weighted by molar-refractivity contribution is 7.10. The maximum atomic E-state index is 12.6. The van der Waals surface area contributed by atoms with Gasteiger partial charge in [0.05, 0.1) is 26.4 Å². The zero-order valence-electron chi connectivity index (χ0n) is 15.4. The number of thiophene rings is 1. The fourth-order valence-electron chi connectivity index (χ4n) is 2.90. The highest BCUT2D eigenvalue weighted by atomic mass is 32.1. The molecule has 1 atom stereocenters. The third-order valence-electron chi connectivity index (χ3n) is 4.60. The Morgan fingerprint density at radius 2 is 2.19 bits per heavy atom. The van der Waals surface area contributed by atoms with Crippen LogP contribution in [0.15, 0.2) is 28.4 Å². The van der Waals surface area contributed by atoms with Crippen LogP contribution in [-0.2, 0) is 16.0 Å². The average molecular weight is 385 g/mol. The van der Waals surface area contributed by atoms with Gasteiger partial charge in [-0.05, 0) is 31.9 Å². The van der Waals surface area contributed by atoms with Gasteiger partial charge in [-0.25, -0.2) is 0 Å². The first-order valence-corrected chi connectivity index (χ1v) is 10.2. The fourth-order valence-corrected chi connectivity index (χ4v) is 3.71. The summed E-state index contributed by atoms with van der Waals surface area (Å²) < 4.78 is 18.4. The van der Waals surface area contributed by atoms with E-state index in [4.69, 9.17) is 14.2 Å². The topological polar surface area (TPSA) is 49.7 Å². The lowest BCUT2D eigenvalue weighted by atomic mass is 10.2. The lowest BCUT2D eigenvalue weighted by Crippen LogP contribution is -2.33. The normalized spacial score (nSPS) is 19.4. The Bertz CT molecular complexity index is 910. The maximum Gasteiger partial charge on any atom is 0.254 e. The zero-order valence-corrected chi connectivity index (χ0v) is 16.2. The molecule has 0 N–H and O–H groups in total. The molecule has 0 amide bonds. The second-order valence-corrected chi connectivity index (χ2v) is 7.98. The molecule has 1 unspecified atom stereocenters. The van der Waals surface area contributed by atoms with Crippen molar-refractivity contribution in [3.63, 3.8) is 0 Å². The van der Waals surface area contributed by atoms with Crippen molar-refractivity contribution >= 4 is 11.3 Å². The lowest BCUT2D eigenvalue weighted by molar-refractivity contribution is -0.101.